The van der Waals surface area contributed by atoms with Crippen LogP contribution in [0.15, 0.2) is 48.5 Å². The molecule has 2 aromatic rings. The summed E-state index contributed by atoms with van der Waals surface area (Å²) < 4.78 is 5.25. The van der Waals surface area contributed by atoms with Crippen LogP contribution in [-0.4, -0.2) is 19.6 Å². The molecule has 0 fully saturated rings. The average molecular weight is 309 g/mol. The van der Waals surface area contributed by atoms with E-state index in [1.54, 1.807) is 13.2 Å². The molecule has 0 aromatic heterocycles. The van der Waals surface area contributed by atoms with Gasteiger partial charge in [0.15, 0.2) is 0 Å². The van der Waals surface area contributed by atoms with Crippen LogP contribution in [0.25, 0.3) is 0 Å². The minimum Gasteiger partial charge on any atom is -0.496 e. The summed E-state index contributed by atoms with van der Waals surface area (Å²) in [5.41, 5.74) is 2.25. The molecule has 0 aliphatic carbocycles. The van der Waals surface area contributed by atoms with E-state index in [1.165, 1.54) is 0 Å². The normalized spacial score (nSPS) is 9.74. The van der Waals surface area contributed by atoms with E-state index >= 15 is 0 Å². The highest BCUT2D eigenvalue weighted by molar-refractivity contribution is 5.76. The first-order valence-electron chi connectivity index (χ1n) is 7.36. The van der Waals surface area contributed by atoms with Gasteiger partial charge in [-0.15, -0.1) is 0 Å². The summed E-state index contributed by atoms with van der Waals surface area (Å²) in [4.78, 5) is 11.9. The van der Waals surface area contributed by atoms with Gasteiger partial charge in [-0.2, -0.15) is 5.26 Å². The van der Waals surface area contributed by atoms with Crippen LogP contribution < -0.4 is 15.4 Å². The topological polar surface area (TPSA) is 74.2 Å². The molecule has 23 heavy (non-hydrogen) atoms. The van der Waals surface area contributed by atoms with Gasteiger partial charge in [-0.25, -0.2) is 0 Å². The molecule has 5 heteroatoms. The molecule has 0 spiro atoms. The molecular formula is C18H19N3O2. The molecule has 0 saturated carbocycles. The number of ether oxygens (including phenoxy) is 1. The number of rotatable bonds is 7. The maximum absolute atomic E-state index is 11.9. The molecular weight excluding hydrogens is 290 g/mol. The number of amides is 1. The summed E-state index contributed by atoms with van der Waals surface area (Å²) in [6, 6.07) is 16.9. The molecule has 118 valence electrons. The quantitative estimate of drug-likeness (QED) is 0.824. The zero-order valence-corrected chi connectivity index (χ0v) is 13.0. The molecule has 5 nitrogen and oxygen atoms in total. The summed E-state index contributed by atoms with van der Waals surface area (Å²) in [5, 5.41) is 15.0. The van der Waals surface area contributed by atoms with Gasteiger partial charge >= 0.3 is 0 Å². The van der Waals surface area contributed by atoms with Crippen molar-refractivity contribution >= 4 is 11.6 Å². The highest BCUT2D eigenvalue weighted by Gasteiger charge is 2.06. The second-order valence-corrected chi connectivity index (χ2v) is 4.92. The number of hydrogen-bond donors (Lipinski definition) is 2. The van der Waals surface area contributed by atoms with Crippen LogP contribution in [0.1, 0.15) is 17.5 Å². The van der Waals surface area contributed by atoms with Crippen LogP contribution in [0.4, 0.5) is 5.69 Å². The lowest BCUT2D eigenvalue weighted by Gasteiger charge is -2.10. The van der Waals surface area contributed by atoms with Gasteiger partial charge < -0.3 is 15.4 Å². The SMILES string of the molecule is COc1ccccc1CNC(=O)CCNc1ccccc1C#N. The van der Waals surface area contributed by atoms with Gasteiger partial charge in [0.05, 0.1) is 18.4 Å². The van der Waals surface area contributed by atoms with Crippen molar-refractivity contribution in [3.8, 4) is 11.8 Å². The Balaban J connectivity index is 1.78. The van der Waals surface area contributed by atoms with Crippen molar-refractivity contribution in [2.45, 2.75) is 13.0 Å². The molecule has 2 rings (SSSR count). The lowest BCUT2D eigenvalue weighted by Crippen LogP contribution is -2.25. The molecule has 0 bridgehead atoms. The number of nitrogens with zero attached hydrogens (tertiary/aromatic N) is 1. The zero-order valence-electron chi connectivity index (χ0n) is 13.0. The van der Waals surface area contributed by atoms with Gasteiger partial charge in [-0.3, -0.25) is 4.79 Å². The molecule has 2 aromatic carbocycles. The molecule has 0 atom stereocenters. The molecule has 0 radical (unpaired) electrons. The van der Waals surface area contributed by atoms with Gasteiger partial charge in [0.2, 0.25) is 5.91 Å². The third kappa shape index (κ3) is 4.75. The number of nitrogens with one attached hydrogen (secondary N) is 2. The van der Waals surface area contributed by atoms with E-state index in [2.05, 4.69) is 16.7 Å². The maximum atomic E-state index is 11.9. The van der Waals surface area contributed by atoms with Crippen LogP contribution in [0.2, 0.25) is 0 Å². The third-order valence-corrected chi connectivity index (χ3v) is 3.38. The van der Waals surface area contributed by atoms with E-state index in [-0.39, 0.29) is 5.91 Å². The Hall–Kier alpha value is -3.00. The minimum absolute atomic E-state index is 0.0576. The Morgan fingerprint density at radius 2 is 1.91 bits per heavy atom. The second-order valence-electron chi connectivity index (χ2n) is 4.92. The van der Waals surface area contributed by atoms with E-state index in [0.717, 1.165) is 17.0 Å². The molecule has 1 amide bonds. The maximum Gasteiger partial charge on any atom is 0.222 e. The number of carbonyl (C=O) groups excluding carboxylic acids is 1. The van der Waals surface area contributed by atoms with Gasteiger partial charge in [-0.05, 0) is 18.2 Å². The molecule has 0 aliphatic heterocycles. The first-order chi connectivity index (χ1) is 11.2. The van der Waals surface area contributed by atoms with Crippen molar-refractivity contribution in [3.05, 3.63) is 59.7 Å². The van der Waals surface area contributed by atoms with Crippen LogP contribution in [-0.2, 0) is 11.3 Å². The molecule has 0 aliphatic rings. The highest BCUT2D eigenvalue weighted by Crippen LogP contribution is 2.16. The fourth-order valence-corrected chi connectivity index (χ4v) is 2.18. The summed E-state index contributed by atoms with van der Waals surface area (Å²) in [5.74, 6) is 0.701. The van der Waals surface area contributed by atoms with Crippen LogP contribution in [0, 0.1) is 11.3 Å². The first-order valence-corrected chi connectivity index (χ1v) is 7.36. The number of para-hydroxylation sites is 2. The van der Waals surface area contributed by atoms with Crippen molar-refractivity contribution in [1.29, 1.82) is 5.26 Å². The van der Waals surface area contributed by atoms with E-state index in [4.69, 9.17) is 10.00 Å². The van der Waals surface area contributed by atoms with E-state index in [0.29, 0.717) is 25.1 Å². The fraction of sp³-hybridized carbons (Fsp3) is 0.222. The van der Waals surface area contributed by atoms with Gasteiger partial charge in [0.25, 0.3) is 0 Å². The largest absolute Gasteiger partial charge is 0.496 e. The summed E-state index contributed by atoms with van der Waals surface area (Å²) in [6.45, 7) is 0.897. The first kappa shape index (κ1) is 16.4. The number of nitriles is 1. The second kappa shape index (κ2) is 8.44. The Morgan fingerprint density at radius 1 is 1.17 bits per heavy atom. The zero-order chi connectivity index (χ0) is 16.5. The van der Waals surface area contributed by atoms with E-state index < -0.39 is 0 Å². The average Bonchev–Trinajstić information content (AvgIpc) is 2.60. The Bertz CT molecular complexity index is 707. The van der Waals surface area contributed by atoms with Crippen molar-refractivity contribution < 1.29 is 9.53 Å². The van der Waals surface area contributed by atoms with Gasteiger partial charge in [0.1, 0.15) is 11.8 Å². The van der Waals surface area contributed by atoms with Crippen molar-refractivity contribution in [2.24, 2.45) is 0 Å². The van der Waals surface area contributed by atoms with Crippen molar-refractivity contribution in [1.82, 2.24) is 5.32 Å². The summed E-state index contributed by atoms with van der Waals surface area (Å²) in [7, 11) is 1.61. The third-order valence-electron chi connectivity index (χ3n) is 3.38. The van der Waals surface area contributed by atoms with E-state index in [1.807, 2.05) is 42.5 Å². The number of carbonyl (C=O) groups is 1. The van der Waals surface area contributed by atoms with Crippen LogP contribution in [0.5, 0.6) is 5.75 Å². The number of benzene rings is 2. The standard InChI is InChI=1S/C18H19N3O2/c1-23-17-9-5-3-7-15(17)13-21-18(22)10-11-20-16-8-4-2-6-14(16)12-19/h2-9,20H,10-11,13H2,1H3,(H,21,22). The van der Waals surface area contributed by atoms with Gasteiger partial charge in [-0.1, -0.05) is 30.3 Å². The lowest BCUT2D eigenvalue weighted by atomic mass is 10.2. The number of hydrogen-bond acceptors (Lipinski definition) is 4. The summed E-state index contributed by atoms with van der Waals surface area (Å²) in [6.07, 6.45) is 0.328. The molecule has 0 heterocycles. The van der Waals surface area contributed by atoms with Crippen LogP contribution >= 0.6 is 0 Å². The lowest BCUT2D eigenvalue weighted by molar-refractivity contribution is -0.121. The van der Waals surface area contributed by atoms with Crippen LogP contribution in [0.3, 0.4) is 0 Å². The smallest absolute Gasteiger partial charge is 0.222 e. The molecule has 0 unspecified atom stereocenters. The molecule has 2 N–H and O–H groups in total. The summed E-state index contributed by atoms with van der Waals surface area (Å²) >= 11 is 0. The Kier molecular flexibility index (Phi) is 6.01. The number of anilines is 1. The van der Waals surface area contributed by atoms with E-state index in [9.17, 15) is 4.79 Å². The molecule has 0 saturated heterocycles. The Morgan fingerprint density at radius 3 is 2.70 bits per heavy atom. The van der Waals surface area contributed by atoms with Gasteiger partial charge in [0, 0.05) is 25.1 Å². The Labute approximate surface area is 135 Å². The highest BCUT2D eigenvalue weighted by atomic mass is 16.5. The monoisotopic (exact) mass is 309 g/mol. The minimum atomic E-state index is -0.0576. The predicted octanol–water partition coefficient (Wildman–Crippen LogP) is 2.69. The number of methoxy groups -OCH3 is 1. The van der Waals surface area contributed by atoms with Crippen molar-refractivity contribution in [2.75, 3.05) is 19.0 Å². The predicted molar refractivity (Wildman–Crippen MR) is 89.1 cm³/mol. The fourth-order valence-electron chi connectivity index (χ4n) is 2.18. The van der Waals surface area contributed by atoms with Crippen molar-refractivity contribution in [3.63, 3.8) is 0 Å².